The topological polar surface area (TPSA) is 91.8 Å². The van der Waals surface area contributed by atoms with Crippen LogP contribution in [-0.4, -0.2) is 12.6 Å². The molecular formula is C21H16BrNO5. The summed E-state index contributed by atoms with van der Waals surface area (Å²) in [6, 6.07) is 14.3. The Morgan fingerprint density at radius 3 is 2.75 bits per heavy atom. The molecule has 4 rings (SSSR count). The average molecular weight is 442 g/mol. The number of esters is 1. The molecule has 0 saturated heterocycles. The third kappa shape index (κ3) is 2.97. The minimum absolute atomic E-state index is 0.0787. The Morgan fingerprint density at radius 2 is 2.00 bits per heavy atom. The van der Waals surface area contributed by atoms with Crippen molar-refractivity contribution in [2.45, 2.75) is 12.8 Å². The van der Waals surface area contributed by atoms with Gasteiger partial charge >= 0.3 is 11.6 Å². The Balaban J connectivity index is 2.05. The van der Waals surface area contributed by atoms with E-state index < -0.39 is 17.5 Å². The molecule has 142 valence electrons. The van der Waals surface area contributed by atoms with Crippen molar-refractivity contribution in [3.63, 3.8) is 0 Å². The lowest BCUT2D eigenvalue weighted by Crippen LogP contribution is -2.31. The number of hydrogen-bond donors (Lipinski definition) is 1. The highest BCUT2D eigenvalue weighted by Crippen LogP contribution is 2.44. The molecule has 1 aromatic heterocycles. The molecule has 3 aromatic rings. The maximum absolute atomic E-state index is 12.9. The summed E-state index contributed by atoms with van der Waals surface area (Å²) in [6.07, 6.45) is 0. The molecular weight excluding hydrogens is 426 g/mol. The zero-order valence-electron chi connectivity index (χ0n) is 14.9. The molecule has 2 aromatic carbocycles. The number of rotatable bonds is 3. The molecule has 2 N–H and O–H groups in total. The van der Waals surface area contributed by atoms with Gasteiger partial charge in [0.25, 0.3) is 0 Å². The van der Waals surface area contributed by atoms with Gasteiger partial charge in [-0.25, -0.2) is 9.59 Å². The van der Waals surface area contributed by atoms with Gasteiger partial charge in [-0.05, 0) is 36.8 Å². The van der Waals surface area contributed by atoms with Gasteiger partial charge in [-0.15, -0.1) is 0 Å². The summed E-state index contributed by atoms with van der Waals surface area (Å²) in [5.41, 5.74) is 6.92. The van der Waals surface area contributed by atoms with Gasteiger partial charge in [0.05, 0.1) is 23.5 Å². The monoisotopic (exact) mass is 441 g/mol. The lowest BCUT2D eigenvalue weighted by atomic mass is 9.83. The normalized spacial score (nSPS) is 15.9. The third-order valence-electron chi connectivity index (χ3n) is 4.53. The largest absolute Gasteiger partial charge is 0.462 e. The number of carbonyl (C=O) groups is 1. The quantitative estimate of drug-likeness (QED) is 0.490. The van der Waals surface area contributed by atoms with Crippen LogP contribution in [0, 0.1) is 0 Å². The Kier molecular flexibility index (Phi) is 4.68. The predicted octanol–water partition coefficient (Wildman–Crippen LogP) is 3.81. The van der Waals surface area contributed by atoms with E-state index in [1.165, 1.54) is 0 Å². The molecule has 0 radical (unpaired) electrons. The lowest BCUT2D eigenvalue weighted by molar-refractivity contribution is -0.139. The van der Waals surface area contributed by atoms with Crippen LogP contribution >= 0.6 is 15.9 Å². The van der Waals surface area contributed by atoms with Crippen molar-refractivity contribution in [3.8, 4) is 5.75 Å². The van der Waals surface area contributed by atoms with Crippen LogP contribution < -0.4 is 16.1 Å². The number of para-hydroxylation sites is 1. The van der Waals surface area contributed by atoms with Gasteiger partial charge in [0.1, 0.15) is 11.2 Å². The van der Waals surface area contributed by atoms with E-state index in [0.717, 1.165) is 4.47 Å². The first-order valence-corrected chi connectivity index (χ1v) is 9.46. The summed E-state index contributed by atoms with van der Waals surface area (Å²) >= 11 is 3.43. The maximum atomic E-state index is 12.9. The van der Waals surface area contributed by atoms with Crippen molar-refractivity contribution < 1.29 is 18.7 Å². The number of hydrogen-bond acceptors (Lipinski definition) is 6. The first-order valence-electron chi connectivity index (χ1n) is 8.67. The van der Waals surface area contributed by atoms with Crippen LogP contribution in [-0.2, 0) is 9.53 Å². The van der Waals surface area contributed by atoms with E-state index in [4.69, 9.17) is 19.6 Å². The van der Waals surface area contributed by atoms with Crippen molar-refractivity contribution in [1.29, 1.82) is 0 Å². The molecule has 6 nitrogen and oxygen atoms in total. The van der Waals surface area contributed by atoms with Crippen LogP contribution in [0.2, 0.25) is 0 Å². The molecule has 0 spiro atoms. The van der Waals surface area contributed by atoms with Crippen LogP contribution in [0.1, 0.15) is 24.0 Å². The van der Waals surface area contributed by atoms with Crippen molar-refractivity contribution >= 4 is 32.9 Å². The van der Waals surface area contributed by atoms with Crippen molar-refractivity contribution in [2.24, 2.45) is 5.73 Å². The smallest absolute Gasteiger partial charge is 0.344 e. The number of nitrogens with two attached hydrogens (primary N) is 1. The fourth-order valence-electron chi connectivity index (χ4n) is 3.39. The molecule has 0 saturated carbocycles. The van der Waals surface area contributed by atoms with E-state index in [9.17, 15) is 9.59 Å². The van der Waals surface area contributed by atoms with Crippen molar-refractivity contribution in [3.05, 3.63) is 86.0 Å². The zero-order valence-corrected chi connectivity index (χ0v) is 16.5. The average Bonchev–Trinajstić information content (AvgIpc) is 2.67. The van der Waals surface area contributed by atoms with Crippen LogP contribution in [0.15, 0.2) is 73.7 Å². The predicted molar refractivity (Wildman–Crippen MR) is 107 cm³/mol. The highest BCUT2D eigenvalue weighted by atomic mass is 79.9. The summed E-state index contributed by atoms with van der Waals surface area (Å²) in [5, 5.41) is 0.600. The molecule has 0 fully saturated rings. The van der Waals surface area contributed by atoms with Crippen molar-refractivity contribution in [2.75, 3.05) is 6.61 Å². The van der Waals surface area contributed by atoms with E-state index in [0.29, 0.717) is 22.3 Å². The summed E-state index contributed by atoms with van der Waals surface area (Å²) in [4.78, 5) is 25.6. The molecule has 0 amide bonds. The van der Waals surface area contributed by atoms with Crippen LogP contribution in [0.4, 0.5) is 0 Å². The second kappa shape index (κ2) is 7.16. The molecule has 1 aliphatic heterocycles. The number of carbonyl (C=O) groups excluding carboxylic acids is 1. The van der Waals surface area contributed by atoms with Gasteiger partial charge < -0.3 is 19.6 Å². The summed E-state index contributed by atoms with van der Waals surface area (Å²) in [6.45, 7) is 1.86. The second-order valence-electron chi connectivity index (χ2n) is 6.22. The van der Waals surface area contributed by atoms with E-state index in [2.05, 4.69) is 15.9 Å². The van der Waals surface area contributed by atoms with Gasteiger partial charge in [0, 0.05) is 4.47 Å². The Hall–Kier alpha value is -3.06. The summed E-state index contributed by atoms with van der Waals surface area (Å²) in [5.74, 6) is -1.21. The van der Waals surface area contributed by atoms with Crippen LogP contribution in [0.25, 0.3) is 11.0 Å². The second-order valence-corrected chi connectivity index (χ2v) is 7.13. The highest BCUT2D eigenvalue weighted by Gasteiger charge is 2.39. The van der Waals surface area contributed by atoms with E-state index in [1.54, 1.807) is 31.2 Å². The lowest BCUT2D eigenvalue weighted by Gasteiger charge is -2.28. The van der Waals surface area contributed by atoms with Gasteiger partial charge in [-0.3, -0.25) is 0 Å². The molecule has 1 atom stereocenters. The molecule has 0 unspecified atom stereocenters. The van der Waals surface area contributed by atoms with Crippen molar-refractivity contribution in [1.82, 2.24) is 0 Å². The first kappa shape index (κ1) is 18.3. The fourth-order valence-corrected chi connectivity index (χ4v) is 3.81. The number of ether oxygens (including phenoxy) is 2. The van der Waals surface area contributed by atoms with E-state index in [1.807, 2.05) is 24.3 Å². The van der Waals surface area contributed by atoms with Gasteiger partial charge in [-0.1, -0.05) is 40.2 Å². The van der Waals surface area contributed by atoms with Gasteiger partial charge in [0.15, 0.2) is 5.75 Å². The molecule has 7 heteroatoms. The molecule has 2 heterocycles. The van der Waals surface area contributed by atoms with E-state index >= 15 is 0 Å². The number of halogens is 1. The first-order chi connectivity index (χ1) is 13.5. The minimum Gasteiger partial charge on any atom is -0.462 e. The zero-order chi connectivity index (χ0) is 19.8. The minimum atomic E-state index is -0.777. The number of benzene rings is 2. The summed E-state index contributed by atoms with van der Waals surface area (Å²) in [7, 11) is 0. The highest BCUT2D eigenvalue weighted by molar-refractivity contribution is 9.10. The Bertz CT molecular complexity index is 1180. The Morgan fingerprint density at radius 1 is 1.21 bits per heavy atom. The van der Waals surface area contributed by atoms with Gasteiger partial charge in [0.2, 0.25) is 5.88 Å². The molecule has 1 aliphatic rings. The standard InChI is InChI=1S/C21H16BrNO5/c1-2-26-20(24)17-15(11-6-5-7-12(22)10-11)16-18(28-19(17)23)13-8-3-4-9-14(13)27-21(16)25/h3-10,15H,2,23H2,1H3/t15-/m0/s1. The summed E-state index contributed by atoms with van der Waals surface area (Å²) < 4.78 is 17.2. The van der Waals surface area contributed by atoms with Gasteiger partial charge in [-0.2, -0.15) is 0 Å². The molecule has 0 aliphatic carbocycles. The molecule has 28 heavy (non-hydrogen) atoms. The number of fused-ring (bicyclic) bond motifs is 3. The fraction of sp³-hybridized carbons (Fsp3) is 0.143. The third-order valence-corrected chi connectivity index (χ3v) is 5.02. The molecule has 0 bridgehead atoms. The SMILES string of the molecule is CCOC(=O)C1=C(N)Oc2c(c(=O)oc3ccccc23)[C@@H]1c1cccc(Br)c1. The maximum Gasteiger partial charge on any atom is 0.344 e. The van der Waals surface area contributed by atoms with E-state index in [-0.39, 0.29) is 23.6 Å². The van der Waals surface area contributed by atoms with Crippen LogP contribution in [0.5, 0.6) is 5.75 Å². The Labute approximate surface area is 168 Å². The van der Waals surface area contributed by atoms with Crippen LogP contribution in [0.3, 0.4) is 0 Å².